The lowest BCUT2D eigenvalue weighted by Gasteiger charge is -1.99. The van der Waals surface area contributed by atoms with E-state index in [1.807, 2.05) is 6.11 Å². The summed E-state index contributed by atoms with van der Waals surface area (Å²) in [7, 11) is 0. The molecule has 0 rings (SSSR count). The van der Waals surface area contributed by atoms with Crippen molar-refractivity contribution in [2.24, 2.45) is 0 Å². The smallest absolute Gasteiger partial charge is 0.320 e. The summed E-state index contributed by atoms with van der Waals surface area (Å²) in [6.45, 7) is 0. The van der Waals surface area contributed by atoms with Crippen LogP contribution in [-0.4, -0.2) is 28.5 Å². The summed E-state index contributed by atoms with van der Waals surface area (Å²) in [5.41, 5.74) is 0. The molecule has 424 valence electrons. The number of carbonyl (C=O) groups is 2. The van der Waals surface area contributed by atoms with Crippen molar-refractivity contribution in [1.82, 2.24) is 0 Å². The first kappa shape index (κ1) is 72.9. The first-order valence-corrected chi connectivity index (χ1v) is 19.3. The van der Waals surface area contributed by atoms with E-state index in [0.29, 0.717) is 11.5 Å². The maximum Gasteiger partial charge on any atom is 0.320 e. The van der Waals surface area contributed by atoms with E-state index in [1.54, 1.807) is 0 Å². The Kier molecular flexibility index (Phi) is 59.8. The van der Waals surface area contributed by atoms with Gasteiger partial charge in [-0.1, -0.05) is 0 Å². The molecule has 0 aromatic heterocycles. The minimum atomic E-state index is -0.561. The van der Waals surface area contributed by atoms with E-state index >= 15 is 0 Å². The molecule has 83 heavy (non-hydrogen) atoms. The molecule has 0 aliphatic rings. The Morgan fingerprint density at radius 1 is 0.289 bits per heavy atom. The van der Waals surface area contributed by atoms with Crippen LogP contribution in [0, 0.1) is 214 Å². The van der Waals surface area contributed by atoms with Gasteiger partial charge in [-0.3, -0.25) is 9.59 Å². The van der Waals surface area contributed by atoms with Gasteiger partial charge in [-0.2, -0.15) is 11.8 Å². The summed E-state index contributed by atoms with van der Waals surface area (Å²) in [6.07, 6.45) is 9.18. The predicted octanol–water partition coefficient (Wildman–Crippen LogP) is -1.69. The summed E-state index contributed by atoms with van der Waals surface area (Å²) in [5, 5.41) is 131. The van der Waals surface area contributed by atoms with Crippen LogP contribution in [0.1, 0.15) is 12.8 Å². The average molecular weight is 1190 g/mol. The van der Waals surface area contributed by atoms with Crippen molar-refractivity contribution < 1.29 is 201 Å². The largest absolute Gasteiger partial charge is 0.371 e. The van der Waals surface area contributed by atoms with Gasteiger partial charge < -0.3 is 4.74 Å². The fourth-order valence-corrected chi connectivity index (χ4v) is 2.92. The average Bonchev–Trinajstić information content (AvgIpc) is 3.49. The molecule has 0 saturated carbocycles. The highest BCUT2D eigenvalue weighted by atomic mass is 32.2. The van der Waals surface area contributed by atoms with Gasteiger partial charge in [0.2, 0.25) is 5.78 Å². The lowest BCUT2D eigenvalue weighted by atomic mass is 10.3. The number of esters is 1. The Balaban J connectivity index is 3.75. The molecule has 40 nitrogen and oxygen atoms in total. The number of hydrogen-bond acceptors (Lipinski definition) is 41. The van der Waals surface area contributed by atoms with Gasteiger partial charge in [0.15, 0.2) is 6.11 Å². The highest BCUT2D eigenvalue weighted by Crippen LogP contribution is 2.05. The lowest BCUT2D eigenvalue weighted by molar-refractivity contribution is -0.907. The molecular formula is C42H10O40S. The fourth-order valence-electron chi connectivity index (χ4n) is 2.08. The molecule has 0 saturated heterocycles. The molecule has 1 N–H and O–H groups in total. The number of terminal acetylenes is 1. The first-order chi connectivity index (χ1) is 41.2. The van der Waals surface area contributed by atoms with Crippen molar-refractivity contribution in [3.05, 3.63) is 0 Å². The predicted molar refractivity (Wildman–Crippen MR) is 220 cm³/mol. The van der Waals surface area contributed by atoms with Crippen molar-refractivity contribution in [2.75, 3.05) is 11.5 Å². The minimum absolute atomic E-state index is 0.0679. The highest BCUT2D eigenvalue weighted by Gasteiger charge is 2.05. The van der Waals surface area contributed by atoms with E-state index in [1.165, 1.54) is 11.8 Å². The van der Waals surface area contributed by atoms with Crippen LogP contribution >= 0.6 is 11.8 Å². The quantitative estimate of drug-likeness (QED) is 0.0178. The van der Waals surface area contributed by atoms with Gasteiger partial charge in [0.25, 0.3) is 0 Å². The Morgan fingerprint density at radius 2 is 0.530 bits per heavy atom. The van der Waals surface area contributed by atoms with Crippen molar-refractivity contribution >= 4 is 23.5 Å². The number of thioether (sulfide) groups is 1. The maximum absolute atomic E-state index is 11.9. The molecule has 0 aromatic carbocycles. The van der Waals surface area contributed by atoms with E-state index in [-0.39, 0.29) is 18.6 Å². The molecule has 0 fully saturated rings. The number of carbonyl (C=O) groups excluding carboxylic acids is 2. The van der Waals surface area contributed by atoms with E-state index < -0.39 is 5.97 Å². The van der Waals surface area contributed by atoms with Gasteiger partial charge in [-0.15, -0.1) is 6.42 Å². The Labute approximate surface area is 462 Å². The van der Waals surface area contributed by atoms with E-state index in [0.717, 1.165) is 0 Å². The second-order valence-electron chi connectivity index (χ2n) is 8.83. The second-order valence-corrected chi connectivity index (χ2v) is 10.1. The molecule has 0 unspecified atom stereocenters. The normalized spacial score (nSPS) is 8.19. The number of Topliss-reactive ketones (excluding diaryl/α,β-unsaturated/α-hetero) is 1. The van der Waals surface area contributed by atoms with Crippen LogP contribution < -0.4 is 0 Å². The summed E-state index contributed by atoms with van der Waals surface area (Å²) in [4.78, 5) is 27.7. The topological polar surface area (TPSA) is 396 Å². The zero-order chi connectivity index (χ0) is 59.6. The molecule has 41 heteroatoms. The van der Waals surface area contributed by atoms with Crippen molar-refractivity contribution in [1.29, 1.82) is 0 Å². The monoisotopic (exact) mass is 1190 g/mol. The summed E-state index contributed by atoms with van der Waals surface area (Å²) in [6, 6.07) is 0. The Bertz CT molecular complexity index is 3120. The Hall–Kier alpha value is -10.1. The zero-order valence-electron chi connectivity index (χ0n) is 38.7. The SMILES string of the molecule is C#CC#CC#CC#CC#CC#CC#CC#CC#COC(=O)CCSCCC(=O)C#CC#CC#CC#CC#CC#CC#CC#CC#COOOOOOOOOOOOOOOOOOOOOOOOOOOOOOOOOOOOO. The molecule has 0 amide bonds. The standard InChI is InChI=1S/C42H10O40S/c1-2-3-4-5-6-7-8-9-10-14-17-20-23-26-29-32-37-46-42(44)36-40-83-39-35-41(43)34-31-28-25-22-19-16-13-11-12-15-18-21-24-27-30-33-38-47-49-51-53-55-57-59-61-63-65-67-69-71-73-75-77-79-81-82-80-78-76-74-72-70-68-66-64-62-60-58-56-54-52-50-48-45/h1,45H,35-36,39-40H2. The maximum atomic E-state index is 11.9. The first-order valence-electron chi connectivity index (χ1n) is 18.1. The van der Waals surface area contributed by atoms with Gasteiger partial charge in [0.1, 0.15) is 6.11 Å². The molecule has 0 radical (unpaired) electrons. The fraction of sp³-hybridized carbons (Fsp3) is 0.0952. The van der Waals surface area contributed by atoms with Gasteiger partial charge in [0.05, 0.1) is 6.42 Å². The van der Waals surface area contributed by atoms with E-state index in [2.05, 4.69) is 383 Å². The van der Waals surface area contributed by atoms with Crippen LogP contribution in [0.4, 0.5) is 0 Å². The van der Waals surface area contributed by atoms with Crippen LogP contribution in [-0.2, 0) is 196 Å². The summed E-state index contributed by atoms with van der Waals surface area (Å²) < 4.78 is 4.73. The van der Waals surface area contributed by atoms with Gasteiger partial charge in [-0.25, -0.2) is 10.1 Å². The Morgan fingerprint density at radius 3 is 0.831 bits per heavy atom. The minimum Gasteiger partial charge on any atom is -0.371 e. The third-order valence-corrected chi connectivity index (χ3v) is 5.29. The molecule has 0 atom stereocenters. The molecule has 0 bridgehead atoms. The second kappa shape index (κ2) is 68.0. The van der Waals surface area contributed by atoms with Crippen molar-refractivity contribution in [2.45, 2.75) is 12.8 Å². The van der Waals surface area contributed by atoms with Gasteiger partial charge in [0, 0.05) is 249 Å². The van der Waals surface area contributed by atoms with Crippen molar-refractivity contribution in [3.8, 4) is 214 Å². The van der Waals surface area contributed by atoms with Crippen molar-refractivity contribution in [3.63, 3.8) is 0 Å². The number of ketones is 1. The lowest BCUT2D eigenvalue weighted by Crippen LogP contribution is -2.06. The van der Waals surface area contributed by atoms with Crippen LogP contribution in [0.25, 0.3) is 0 Å². The number of ether oxygens (including phenoxy) is 1. The van der Waals surface area contributed by atoms with Crippen LogP contribution in [0.3, 0.4) is 0 Å². The molecule has 0 spiro atoms. The summed E-state index contributed by atoms with van der Waals surface area (Å²) >= 11 is 1.35. The molecule has 0 heterocycles. The molecule has 0 aliphatic heterocycles. The molecule has 0 aliphatic carbocycles. The van der Waals surface area contributed by atoms with Crippen LogP contribution in [0.5, 0.6) is 0 Å². The van der Waals surface area contributed by atoms with Crippen LogP contribution in [0.15, 0.2) is 0 Å². The number of hydrogen-bond donors (Lipinski definition) is 1. The zero-order valence-corrected chi connectivity index (χ0v) is 39.5. The van der Waals surface area contributed by atoms with Gasteiger partial charge in [-0.05, 0) is 141 Å². The summed E-state index contributed by atoms with van der Waals surface area (Å²) in [5.74, 6) is 78.3. The van der Waals surface area contributed by atoms with E-state index in [4.69, 9.17) is 16.4 Å². The third-order valence-electron chi connectivity index (χ3n) is 4.30. The highest BCUT2D eigenvalue weighted by molar-refractivity contribution is 7.99. The van der Waals surface area contributed by atoms with Gasteiger partial charge >= 0.3 is 5.97 Å². The van der Waals surface area contributed by atoms with Crippen LogP contribution in [0.2, 0.25) is 0 Å². The molecular weight excluding hydrogens is 1180 g/mol. The number of rotatable bonds is 41. The molecule has 0 aromatic rings. The third kappa shape index (κ3) is 68.0. The van der Waals surface area contributed by atoms with E-state index in [9.17, 15) is 9.59 Å².